The third-order valence-corrected chi connectivity index (χ3v) is 2.83. The lowest BCUT2D eigenvalue weighted by molar-refractivity contribution is -0.137. The zero-order valence-corrected chi connectivity index (χ0v) is 9.50. The zero-order valence-electron chi connectivity index (χ0n) is 7.91. The first-order valence-electron chi connectivity index (χ1n) is 4.41. The second-order valence-electron chi connectivity index (χ2n) is 3.20. The van der Waals surface area contributed by atoms with E-state index >= 15 is 0 Å². The van der Waals surface area contributed by atoms with Crippen LogP contribution in [-0.2, 0) is 4.79 Å². The second-order valence-corrected chi connectivity index (χ2v) is 4.05. The summed E-state index contributed by atoms with van der Waals surface area (Å²) in [7, 11) is 0. The Labute approximate surface area is 95.2 Å². The molecular weight excluding hydrogens is 265 g/mol. The van der Waals surface area contributed by atoms with E-state index in [4.69, 9.17) is 10.8 Å². The number of hydrogen-bond donors (Lipinski definition) is 2. The first-order valence-corrected chi connectivity index (χ1v) is 5.20. The van der Waals surface area contributed by atoms with Crippen molar-refractivity contribution in [3.05, 3.63) is 34.1 Å². The number of carboxylic acids is 1. The molecule has 3 N–H and O–H groups in total. The fourth-order valence-corrected chi connectivity index (χ4v) is 1.93. The Morgan fingerprint density at radius 3 is 2.80 bits per heavy atom. The standard InChI is InChI=1S/C10H11BrFNO2/c11-9-2-1-7(12)4-8(9)6(5-13)3-10(14)15/h1-2,4,6H,3,5,13H2,(H,14,15). The minimum absolute atomic E-state index is 0.0987. The van der Waals surface area contributed by atoms with Crippen molar-refractivity contribution in [1.29, 1.82) is 0 Å². The van der Waals surface area contributed by atoms with Gasteiger partial charge in [0.1, 0.15) is 5.82 Å². The van der Waals surface area contributed by atoms with Crippen molar-refractivity contribution in [3.8, 4) is 0 Å². The van der Waals surface area contributed by atoms with Crippen LogP contribution < -0.4 is 5.73 Å². The quantitative estimate of drug-likeness (QED) is 0.885. The van der Waals surface area contributed by atoms with Crippen LogP contribution in [0.2, 0.25) is 0 Å². The van der Waals surface area contributed by atoms with Gasteiger partial charge in [0.05, 0.1) is 6.42 Å². The molecule has 1 unspecified atom stereocenters. The molecule has 1 atom stereocenters. The van der Waals surface area contributed by atoms with Crippen molar-refractivity contribution < 1.29 is 14.3 Å². The molecule has 5 heteroatoms. The fourth-order valence-electron chi connectivity index (χ4n) is 1.36. The molecule has 0 aliphatic heterocycles. The Morgan fingerprint density at radius 2 is 2.27 bits per heavy atom. The number of aliphatic carboxylic acids is 1. The molecule has 0 aliphatic rings. The maximum atomic E-state index is 13.0. The Balaban J connectivity index is 3.00. The van der Waals surface area contributed by atoms with E-state index in [1.165, 1.54) is 12.1 Å². The zero-order chi connectivity index (χ0) is 11.4. The molecule has 1 aromatic carbocycles. The molecule has 0 amide bonds. The van der Waals surface area contributed by atoms with Crippen molar-refractivity contribution in [1.82, 2.24) is 0 Å². The molecule has 0 fully saturated rings. The van der Waals surface area contributed by atoms with E-state index in [0.29, 0.717) is 10.0 Å². The summed E-state index contributed by atoms with van der Waals surface area (Å²) in [6.45, 7) is 0.175. The van der Waals surface area contributed by atoms with Crippen LogP contribution in [-0.4, -0.2) is 17.6 Å². The van der Waals surface area contributed by atoms with Crippen molar-refractivity contribution in [2.45, 2.75) is 12.3 Å². The van der Waals surface area contributed by atoms with E-state index < -0.39 is 11.8 Å². The van der Waals surface area contributed by atoms with E-state index in [0.717, 1.165) is 0 Å². The third kappa shape index (κ3) is 3.28. The molecule has 0 saturated carbocycles. The van der Waals surface area contributed by atoms with Crippen LogP contribution in [0.3, 0.4) is 0 Å². The number of rotatable bonds is 4. The van der Waals surface area contributed by atoms with Gasteiger partial charge < -0.3 is 10.8 Å². The van der Waals surface area contributed by atoms with Crippen LogP contribution in [0.15, 0.2) is 22.7 Å². The molecule has 0 aliphatic carbocycles. The van der Waals surface area contributed by atoms with Crippen LogP contribution >= 0.6 is 15.9 Å². The SMILES string of the molecule is NCC(CC(=O)O)c1cc(F)ccc1Br. The van der Waals surface area contributed by atoms with Crippen LogP contribution in [0.5, 0.6) is 0 Å². The number of hydrogen-bond acceptors (Lipinski definition) is 2. The fraction of sp³-hybridized carbons (Fsp3) is 0.300. The van der Waals surface area contributed by atoms with Crippen LogP contribution in [0.1, 0.15) is 17.9 Å². The lowest BCUT2D eigenvalue weighted by Gasteiger charge is -2.14. The lowest BCUT2D eigenvalue weighted by Crippen LogP contribution is -2.16. The molecule has 0 heterocycles. The largest absolute Gasteiger partial charge is 0.481 e. The van der Waals surface area contributed by atoms with Crippen molar-refractivity contribution >= 4 is 21.9 Å². The van der Waals surface area contributed by atoms with Gasteiger partial charge in [0.2, 0.25) is 0 Å². The van der Waals surface area contributed by atoms with Crippen molar-refractivity contribution in [2.24, 2.45) is 5.73 Å². The number of benzene rings is 1. The number of carbonyl (C=O) groups is 1. The summed E-state index contributed by atoms with van der Waals surface area (Å²) in [5.74, 6) is -1.70. The van der Waals surface area contributed by atoms with E-state index in [1.807, 2.05) is 0 Å². The summed E-state index contributed by atoms with van der Waals surface area (Å²) >= 11 is 3.25. The molecule has 3 nitrogen and oxygen atoms in total. The van der Waals surface area contributed by atoms with Gasteiger partial charge in [0.15, 0.2) is 0 Å². The molecular formula is C10H11BrFNO2. The summed E-state index contributed by atoms with van der Waals surface area (Å²) in [6.07, 6.45) is -0.0987. The third-order valence-electron chi connectivity index (χ3n) is 2.10. The Bertz CT molecular complexity index is 370. The molecule has 15 heavy (non-hydrogen) atoms. The number of halogens is 2. The molecule has 0 saturated heterocycles. The predicted molar refractivity (Wildman–Crippen MR) is 58.1 cm³/mol. The minimum Gasteiger partial charge on any atom is -0.481 e. The van der Waals surface area contributed by atoms with Gasteiger partial charge in [0.25, 0.3) is 0 Å². The van der Waals surface area contributed by atoms with Gasteiger partial charge in [-0.1, -0.05) is 15.9 Å². The van der Waals surface area contributed by atoms with Gasteiger partial charge in [0, 0.05) is 10.4 Å². The maximum absolute atomic E-state index is 13.0. The average molecular weight is 276 g/mol. The van der Waals surface area contributed by atoms with E-state index in [1.54, 1.807) is 6.07 Å². The monoisotopic (exact) mass is 275 g/mol. The molecule has 0 spiro atoms. The predicted octanol–water partition coefficient (Wildman–Crippen LogP) is 2.11. The van der Waals surface area contributed by atoms with Crippen LogP contribution in [0, 0.1) is 5.82 Å². The average Bonchev–Trinajstić information content (AvgIpc) is 2.18. The Morgan fingerprint density at radius 1 is 1.60 bits per heavy atom. The van der Waals surface area contributed by atoms with Crippen molar-refractivity contribution in [2.75, 3.05) is 6.54 Å². The highest BCUT2D eigenvalue weighted by atomic mass is 79.9. The summed E-state index contributed by atoms with van der Waals surface area (Å²) in [4.78, 5) is 10.6. The molecule has 0 radical (unpaired) electrons. The van der Waals surface area contributed by atoms with E-state index in [2.05, 4.69) is 15.9 Å². The Kier molecular flexibility index (Phi) is 4.23. The van der Waals surface area contributed by atoms with Gasteiger partial charge in [-0.15, -0.1) is 0 Å². The first kappa shape index (κ1) is 12.1. The van der Waals surface area contributed by atoms with E-state index in [9.17, 15) is 9.18 Å². The van der Waals surface area contributed by atoms with E-state index in [-0.39, 0.29) is 18.9 Å². The normalized spacial score (nSPS) is 12.5. The highest BCUT2D eigenvalue weighted by Gasteiger charge is 2.17. The van der Waals surface area contributed by atoms with Gasteiger partial charge in [-0.05, 0) is 30.3 Å². The van der Waals surface area contributed by atoms with Gasteiger partial charge in [-0.25, -0.2) is 4.39 Å². The maximum Gasteiger partial charge on any atom is 0.304 e. The topological polar surface area (TPSA) is 63.3 Å². The van der Waals surface area contributed by atoms with Gasteiger partial charge in [-0.2, -0.15) is 0 Å². The van der Waals surface area contributed by atoms with Crippen molar-refractivity contribution in [3.63, 3.8) is 0 Å². The smallest absolute Gasteiger partial charge is 0.304 e. The molecule has 1 aromatic rings. The second kappa shape index (κ2) is 5.23. The van der Waals surface area contributed by atoms with Gasteiger partial charge >= 0.3 is 5.97 Å². The Hall–Kier alpha value is -0.940. The first-order chi connectivity index (χ1) is 7.04. The summed E-state index contributed by atoms with van der Waals surface area (Å²) in [6, 6.07) is 4.17. The molecule has 0 aromatic heterocycles. The summed E-state index contributed by atoms with van der Waals surface area (Å²) in [5, 5.41) is 8.67. The molecule has 1 rings (SSSR count). The number of carboxylic acid groups (broad SMARTS) is 1. The summed E-state index contributed by atoms with van der Waals surface area (Å²) < 4.78 is 13.7. The number of nitrogens with two attached hydrogens (primary N) is 1. The van der Waals surface area contributed by atoms with Gasteiger partial charge in [-0.3, -0.25) is 4.79 Å². The summed E-state index contributed by atoms with van der Waals surface area (Å²) in [5.41, 5.74) is 6.06. The molecule has 82 valence electrons. The van der Waals surface area contributed by atoms with Crippen LogP contribution in [0.25, 0.3) is 0 Å². The lowest BCUT2D eigenvalue weighted by atomic mass is 9.96. The van der Waals surface area contributed by atoms with Crippen LogP contribution in [0.4, 0.5) is 4.39 Å². The molecule has 0 bridgehead atoms. The highest BCUT2D eigenvalue weighted by Crippen LogP contribution is 2.27. The minimum atomic E-state index is -0.943. The highest BCUT2D eigenvalue weighted by molar-refractivity contribution is 9.10.